The first kappa shape index (κ1) is 13.6. The number of hydrogen-bond acceptors (Lipinski definition) is 2. The van der Waals surface area contributed by atoms with Crippen molar-refractivity contribution in [2.24, 2.45) is 10.8 Å². The van der Waals surface area contributed by atoms with E-state index in [2.05, 4.69) is 37.5 Å². The Morgan fingerprint density at radius 1 is 1.00 bits per heavy atom. The second-order valence-electron chi connectivity index (χ2n) is 9.49. The van der Waals surface area contributed by atoms with Crippen LogP contribution in [0.5, 0.6) is 0 Å². The van der Waals surface area contributed by atoms with Gasteiger partial charge >= 0.3 is 0 Å². The standard InChI is InChI=1S/C18H32N2/c1-14-11-18(12-15(18)20(14)16(2,3)4)13-19-9-7-17(5-6-17)8-10-19/h14-15H,5-13H2,1-4H3. The van der Waals surface area contributed by atoms with E-state index in [9.17, 15) is 0 Å². The minimum Gasteiger partial charge on any atom is -0.303 e. The van der Waals surface area contributed by atoms with Gasteiger partial charge in [0, 0.05) is 29.6 Å². The van der Waals surface area contributed by atoms with E-state index in [1.165, 1.54) is 58.2 Å². The number of nitrogens with zero attached hydrogens (tertiary/aromatic N) is 2. The first-order chi connectivity index (χ1) is 9.34. The molecule has 2 nitrogen and oxygen atoms in total. The van der Waals surface area contributed by atoms with Crippen LogP contribution in [0.3, 0.4) is 0 Å². The van der Waals surface area contributed by atoms with Gasteiger partial charge in [0.2, 0.25) is 0 Å². The van der Waals surface area contributed by atoms with E-state index in [0.29, 0.717) is 11.0 Å². The summed E-state index contributed by atoms with van der Waals surface area (Å²) in [6.45, 7) is 13.8. The quantitative estimate of drug-likeness (QED) is 0.761. The summed E-state index contributed by atoms with van der Waals surface area (Å²) in [7, 11) is 0. The third-order valence-electron chi connectivity index (χ3n) is 6.85. The third kappa shape index (κ3) is 2.06. The Balaban J connectivity index is 1.39. The van der Waals surface area contributed by atoms with Gasteiger partial charge in [0.05, 0.1) is 0 Å². The average Bonchev–Trinajstić information content (AvgIpc) is 3.21. The van der Waals surface area contributed by atoms with Gasteiger partial charge in [-0.25, -0.2) is 0 Å². The van der Waals surface area contributed by atoms with E-state index in [4.69, 9.17) is 0 Å². The van der Waals surface area contributed by atoms with Gasteiger partial charge in [-0.3, -0.25) is 4.90 Å². The summed E-state index contributed by atoms with van der Waals surface area (Å²) in [5.41, 5.74) is 1.85. The molecule has 20 heavy (non-hydrogen) atoms. The van der Waals surface area contributed by atoms with Crippen molar-refractivity contribution in [3.8, 4) is 0 Å². The van der Waals surface area contributed by atoms with Crippen molar-refractivity contribution in [2.75, 3.05) is 19.6 Å². The van der Waals surface area contributed by atoms with Crippen LogP contribution in [-0.2, 0) is 0 Å². The molecule has 2 aliphatic heterocycles. The molecule has 2 saturated heterocycles. The van der Waals surface area contributed by atoms with Crippen LogP contribution < -0.4 is 0 Å². The van der Waals surface area contributed by atoms with Gasteiger partial charge in [-0.05, 0) is 84.7 Å². The van der Waals surface area contributed by atoms with Gasteiger partial charge in [-0.2, -0.15) is 0 Å². The fraction of sp³-hybridized carbons (Fsp3) is 1.00. The number of hydrogen-bond donors (Lipinski definition) is 0. The molecular weight excluding hydrogens is 244 g/mol. The van der Waals surface area contributed by atoms with Crippen molar-refractivity contribution in [2.45, 2.75) is 83.8 Å². The molecule has 3 unspecified atom stereocenters. The zero-order valence-corrected chi connectivity index (χ0v) is 13.9. The van der Waals surface area contributed by atoms with Crippen molar-refractivity contribution in [1.29, 1.82) is 0 Å². The molecule has 0 amide bonds. The van der Waals surface area contributed by atoms with Crippen LogP contribution in [0, 0.1) is 10.8 Å². The number of likely N-dealkylation sites (tertiary alicyclic amines) is 2. The second kappa shape index (κ2) is 4.01. The third-order valence-corrected chi connectivity index (χ3v) is 6.85. The number of fused-ring (bicyclic) bond motifs is 1. The molecule has 1 spiro atoms. The molecule has 0 N–H and O–H groups in total. The molecular formula is C18H32N2. The fourth-order valence-electron chi connectivity index (χ4n) is 5.60. The molecule has 0 radical (unpaired) electrons. The predicted octanol–water partition coefficient (Wildman–Crippen LogP) is 3.51. The van der Waals surface area contributed by atoms with Crippen molar-refractivity contribution >= 4 is 0 Å². The van der Waals surface area contributed by atoms with Crippen molar-refractivity contribution in [1.82, 2.24) is 9.80 Å². The Hall–Kier alpha value is -0.0800. The molecule has 0 aromatic heterocycles. The Kier molecular flexibility index (Phi) is 2.72. The van der Waals surface area contributed by atoms with Crippen molar-refractivity contribution in [3.63, 3.8) is 0 Å². The molecule has 0 bridgehead atoms. The Morgan fingerprint density at radius 3 is 2.15 bits per heavy atom. The maximum atomic E-state index is 2.82. The maximum Gasteiger partial charge on any atom is 0.0179 e. The van der Waals surface area contributed by atoms with Gasteiger partial charge in [-0.1, -0.05) is 0 Å². The van der Waals surface area contributed by atoms with Gasteiger partial charge in [0.25, 0.3) is 0 Å². The van der Waals surface area contributed by atoms with Crippen molar-refractivity contribution in [3.05, 3.63) is 0 Å². The number of rotatable bonds is 2. The minimum atomic E-state index is 0.350. The minimum absolute atomic E-state index is 0.350. The summed E-state index contributed by atoms with van der Waals surface area (Å²) < 4.78 is 0. The van der Waals surface area contributed by atoms with Crippen molar-refractivity contribution < 1.29 is 0 Å². The summed E-state index contributed by atoms with van der Waals surface area (Å²) in [6, 6.07) is 1.67. The van der Waals surface area contributed by atoms with E-state index in [0.717, 1.165) is 17.5 Å². The molecule has 3 atom stereocenters. The summed E-state index contributed by atoms with van der Waals surface area (Å²) in [6.07, 6.45) is 8.96. The first-order valence-corrected chi connectivity index (χ1v) is 8.85. The van der Waals surface area contributed by atoms with Crippen LogP contribution >= 0.6 is 0 Å². The van der Waals surface area contributed by atoms with E-state index in [-0.39, 0.29) is 0 Å². The largest absolute Gasteiger partial charge is 0.303 e. The van der Waals surface area contributed by atoms with Gasteiger partial charge in [0.1, 0.15) is 0 Å². The summed E-state index contributed by atoms with van der Waals surface area (Å²) in [5, 5.41) is 0. The van der Waals surface area contributed by atoms with Crippen LogP contribution in [0.4, 0.5) is 0 Å². The molecule has 2 heterocycles. The highest BCUT2D eigenvalue weighted by atomic mass is 15.3. The maximum absolute atomic E-state index is 2.82. The normalized spacial score (nSPS) is 43.8. The van der Waals surface area contributed by atoms with Gasteiger partial charge in [-0.15, -0.1) is 0 Å². The van der Waals surface area contributed by atoms with E-state index >= 15 is 0 Å². The lowest BCUT2D eigenvalue weighted by molar-refractivity contribution is 0.104. The highest BCUT2D eigenvalue weighted by Gasteiger charge is 2.65. The molecule has 4 rings (SSSR count). The topological polar surface area (TPSA) is 6.48 Å². The van der Waals surface area contributed by atoms with Crippen LogP contribution in [0.15, 0.2) is 0 Å². The van der Waals surface area contributed by atoms with E-state index in [1.54, 1.807) is 0 Å². The zero-order valence-electron chi connectivity index (χ0n) is 13.9. The van der Waals surface area contributed by atoms with Gasteiger partial charge in [0.15, 0.2) is 0 Å². The summed E-state index contributed by atoms with van der Waals surface area (Å²) in [5.74, 6) is 0. The van der Waals surface area contributed by atoms with Crippen LogP contribution in [0.2, 0.25) is 0 Å². The SMILES string of the molecule is CC1CC2(CN3CCC4(CC3)CC4)CC2N1C(C)(C)C. The zero-order chi connectivity index (χ0) is 14.2. The summed E-state index contributed by atoms with van der Waals surface area (Å²) in [4.78, 5) is 5.63. The predicted molar refractivity (Wildman–Crippen MR) is 83.9 cm³/mol. The van der Waals surface area contributed by atoms with Crippen LogP contribution in [0.1, 0.15) is 66.2 Å². The highest BCUT2D eigenvalue weighted by molar-refractivity contribution is 5.19. The Labute approximate surface area is 124 Å². The second-order valence-corrected chi connectivity index (χ2v) is 9.49. The lowest BCUT2D eigenvalue weighted by Gasteiger charge is -2.37. The highest BCUT2D eigenvalue weighted by Crippen LogP contribution is 2.62. The summed E-state index contributed by atoms with van der Waals surface area (Å²) >= 11 is 0. The monoisotopic (exact) mass is 276 g/mol. The number of piperidine rings is 2. The Bertz CT molecular complexity index is 396. The molecule has 4 fully saturated rings. The molecule has 2 saturated carbocycles. The molecule has 114 valence electrons. The lowest BCUT2D eigenvalue weighted by Crippen LogP contribution is -2.45. The van der Waals surface area contributed by atoms with E-state index < -0.39 is 0 Å². The Morgan fingerprint density at radius 2 is 1.65 bits per heavy atom. The lowest BCUT2D eigenvalue weighted by atomic mass is 9.92. The molecule has 2 aliphatic carbocycles. The van der Waals surface area contributed by atoms with E-state index in [1.807, 2.05) is 0 Å². The molecule has 0 aromatic carbocycles. The van der Waals surface area contributed by atoms with Crippen LogP contribution in [-0.4, -0.2) is 47.1 Å². The van der Waals surface area contributed by atoms with Crippen LogP contribution in [0.25, 0.3) is 0 Å². The molecule has 4 aliphatic rings. The molecule has 0 aromatic rings. The van der Waals surface area contributed by atoms with Gasteiger partial charge < -0.3 is 4.90 Å². The molecule has 2 heteroatoms. The smallest absolute Gasteiger partial charge is 0.0179 e. The average molecular weight is 276 g/mol. The fourth-order valence-corrected chi connectivity index (χ4v) is 5.60. The first-order valence-electron chi connectivity index (χ1n) is 8.85.